The molecule has 0 amide bonds. The standard InChI is InChI=1S/C15H22N2O4/c1-11(2)21-13-7-5-6-12(14(13)17(19)20)16-15(10-18)8-3-4-9-15/h5-7,11,16,18H,3-4,8-10H2,1-2H3. The van der Waals surface area contributed by atoms with Gasteiger partial charge in [0.15, 0.2) is 5.75 Å². The maximum atomic E-state index is 11.4. The number of nitro benzene ring substituents is 1. The van der Waals surface area contributed by atoms with Crippen LogP contribution < -0.4 is 10.1 Å². The Morgan fingerprint density at radius 2 is 2.10 bits per heavy atom. The van der Waals surface area contributed by atoms with Crippen LogP contribution in [0.25, 0.3) is 0 Å². The second-order valence-electron chi connectivity index (χ2n) is 5.85. The molecule has 1 aromatic rings. The third kappa shape index (κ3) is 3.44. The highest BCUT2D eigenvalue weighted by Gasteiger charge is 2.35. The number of para-hydroxylation sites is 1. The smallest absolute Gasteiger partial charge is 0.333 e. The summed E-state index contributed by atoms with van der Waals surface area (Å²) in [6, 6.07) is 5.00. The monoisotopic (exact) mass is 294 g/mol. The van der Waals surface area contributed by atoms with Gasteiger partial charge in [0.1, 0.15) is 5.69 Å². The van der Waals surface area contributed by atoms with Crippen LogP contribution in [-0.2, 0) is 0 Å². The van der Waals surface area contributed by atoms with E-state index in [2.05, 4.69) is 5.32 Å². The van der Waals surface area contributed by atoms with Gasteiger partial charge in [-0.1, -0.05) is 18.9 Å². The molecule has 1 aliphatic rings. The van der Waals surface area contributed by atoms with Crippen LogP contribution in [0.15, 0.2) is 18.2 Å². The number of nitrogens with one attached hydrogen (secondary N) is 1. The molecule has 0 bridgehead atoms. The number of aliphatic hydroxyl groups is 1. The topological polar surface area (TPSA) is 84.6 Å². The lowest BCUT2D eigenvalue weighted by Crippen LogP contribution is -2.39. The first-order valence-electron chi connectivity index (χ1n) is 7.30. The summed E-state index contributed by atoms with van der Waals surface area (Å²) in [7, 11) is 0. The van der Waals surface area contributed by atoms with Crippen molar-refractivity contribution >= 4 is 11.4 Å². The molecule has 0 aliphatic heterocycles. The normalized spacial score (nSPS) is 17.0. The van der Waals surface area contributed by atoms with Crippen LogP contribution in [0.5, 0.6) is 5.75 Å². The Morgan fingerprint density at radius 1 is 1.43 bits per heavy atom. The SMILES string of the molecule is CC(C)Oc1cccc(NC2(CO)CCCC2)c1[N+](=O)[O-]. The second kappa shape index (κ2) is 6.30. The molecule has 0 atom stereocenters. The molecule has 1 saturated carbocycles. The molecule has 116 valence electrons. The van der Waals surface area contributed by atoms with E-state index in [0.29, 0.717) is 5.69 Å². The van der Waals surface area contributed by atoms with Gasteiger partial charge in [-0.2, -0.15) is 0 Å². The van der Waals surface area contributed by atoms with E-state index in [-0.39, 0.29) is 24.1 Å². The number of anilines is 1. The fraction of sp³-hybridized carbons (Fsp3) is 0.600. The molecule has 0 aromatic heterocycles. The largest absolute Gasteiger partial charge is 0.484 e. The van der Waals surface area contributed by atoms with Crippen molar-refractivity contribution < 1.29 is 14.8 Å². The lowest BCUT2D eigenvalue weighted by atomic mass is 9.98. The Hall–Kier alpha value is -1.82. The molecule has 0 saturated heterocycles. The summed E-state index contributed by atoms with van der Waals surface area (Å²) in [6.07, 6.45) is 3.52. The number of benzene rings is 1. The quantitative estimate of drug-likeness (QED) is 0.622. The molecule has 0 heterocycles. The number of nitro groups is 1. The maximum absolute atomic E-state index is 11.4. The first-order chi connectivity index (χ1) is 9.97. The van der Waals surface area contributed by atoms with Crippen LogP contribution in [0.4, 0.5) is 11.4 Å². The zero-order valence-electron chi connectivity index (χ0n) is 12.5. The molecular weight excluding hydrogens is 272 g/mol. The summed E-state index contributed by atoms with van der Waals surface area (Å²) in [5, 5.41) is 24.3. The van der Waals surface area contributed by atoms with Crippen molar-refractivity contribution in [1.29, 1.82) is 0 Å². The summed E-state index contributed by atoms with van der Waals surface area (Å²) in [5.41, 5.74) is -0.110. The molecular formula is C15H22N2O4. The zero-order valence-corrected chi connectivity index (χ0v) is 12.5. The lowest BCUT2D eigenvalue weighted by molar-refractivity contribution is -0.385. The van der Waals surface area contributed by atoms with Crippen molar-refractivity contribution in [1.82, 2.24) is 0 Å². The number of aliphatic hydroxyl groups excluding tert-OH is 1. The van der Waals surface area contributed by atoms with Gasteiger partial charge in [-0.05, 0) is 38.8 Å². The van der Waals surface area contributed by atoms with Crippen LogP contribution in [0, 0.1) is 10.1 Å². The highest BCUT2D eigenvalue weighted by molar-refractivity contribution is 5.69. The first kappa shape index (κ1) is 15.6. The highest BCUT2D eigenvalue weighted by atomic mass is 16.6. The van der Waals surface area contributed by atoms with Crippen molar-refractivity contribution in [2.45, 2.75) is 51.2 Å². The van der Waals surface area contributed by atoms with E-state index in [1.54, 1.807) is 18.2 Å². The van der Waals surface area contributed by atoms with Gasteiger partial charge in [0.2, 0.25) is 0 Å². The zero-order chi connectivity index (χ0) is 15.5. The Kier molecular flexibility index (Phi) is 4.67. The summed E-state index contributed by atoms with van der Waals surface area (Å²) < 4.78 is 5.53. The molecule has 6 nitrogen and oxygen atoms in total. The molecule has 0 unspecified atom stereocenters. The number of rotatable bonds is 6. The Morgan fingerprint density at radius 3 is 2.62 bits per heavy atom. The molecule has 1 aromatic carbocycles. The van der Waals surface area contributed by atoms with E-state index >= 15 is 0 Å². The second-order valence-corrected chi connectivity index (χ2v) is 5.85. The van der Waals surface area contributed by atoms with E-state index in [9.17, 15) is 15.2 Å². The highest BCUT2D eigenvalue weighted by Crippen LogP contribution is 2.40. The van der Waals surface area contributed by atoms with Gasteiger partial charge in [-0.25, -0.2) is 0 Å². The molecule has 0 spiro atoms. The Labute approximate surface area is 124 Å². The average Bonchev–Trinajstić information content (AvgIpc) is 2.87. The number of nitrogens with zero attached hydrogens (tertiary/aromatic N) is 1. The third-order valence-electron chi connectivity index (χ3n) is 3.81. The van der Waals surface area contributed by atoms with Crippen LogP contribution in [-0.4, -0.2) is 28.3 Å². The molecule has 1 fully saturated rings. The summed E-state index contributed by atoms with van der Waals surface area (Å²) in [5.74, 6) is 0.256. The van der Waals surface area contributed by atoms with E-state index in [1.807, 2.05) is 13.8 Å². The van der Waals surface area contributed by atoms with Gasteiger partial charge in [0.05, 0.1) is 23.2 Å². The van der Waals surface area contributed by atoms with Crippen molar-refractivity contribution in [2.24, 2.45) is 0 Å². The minimum atomic E-state index is -0.457. The van der Waals surface area contributed by atoms with Crippen molar-refractivity contribution in [3.8, 4) is 5.75 Å². The lowest BCUT2D eigenvalue weighted by Gasteiger charge is -2.29. The molecule has 1 aliphatic carbocycles. The van der Waals surface area contributed by atoms with Crippen molar-refractivity contribution in [2.75, 3.05) is 11.9 Å². The molecule has 2 rings (SSSR count). The minimum absolute atomic E-state index is 0.0284. The van der Waals surface area contributed by atoms with Crippen molar-refractivity contribution in [3.63, 3.8) is 0 Å². The Bertz CT molecular complexity index is 510. The van der Waals surface area contributed by atoms with E-state index in [4.69, 9.17) is 4.74 Å². The molecule has 21 heavy (non-hydrogen) atoms. The maximum Gasteiger partial charge on any atom is 0.333 e. The fourth-order valence-electron chi connectivity index (χ4n) is 2.82. The Balaban J connectivity index is 2.36. The number of hydrogen-bond acceptors (Lipinski definition) is 5. The van der Waals surface area contributed by atoms with Crippen LogP contribution in [0.1, 0.15) is 39.5 Å². The summed E-state index contributed by atoms with van der Waals surface area (Å²) >= 11 is 0. The van der Waals surface area contributed by atoms with Crippen LogP contribution in [0.2, 0.25) is 0 Å². The average molecular weight is 294 g/mol. The van der Waals surface area contributed by atoms with E-state index in [1.165, 1.54) is 0 Å². The predicted molar refractivity (Wildman–Crippen MR) is 80.8 cm³/mol. The van der Waals surface area contributed by atoms with Gasteiger partial charge < -0.3 is 15.2 Å². The van der Waals surface area contributed by atoms with Gasteiger partial charge in [-0.15, -0.1) is 0 Å². The van der Waals surface area contributed by atoms with Crippen LogP contribution in [0.3, 0.4) is 0 Å². The predicted octanol–water partition coefficient (Wildman–Crippen LogP) is 3.10. The van der Waals surface area contributed by atoms with E-state index in [0.717, 1.165) is 25.7 Å². The first-order valence-corrected chi connectivity index (χ1v) is 7.30. The van der Waals surface area contributed by atoms with Gasteiger partial charge >= 0.3 is 5.69 Å². The van der Waals surface area contributed by atoms with Gasteiger partial charge in [-0.3, -0.25) is 10.1 Å². The van der Waals surface area contributed by atoms with Crippen LogP contribution >= 0.6 is 0 Å². The van der Waals surface area contributed by atoms with Gasteiger partial charge in [0.25, 0.3) is 0 Å². The molecule has 6 heteroatoms. The molecule has 2 N–H and O–H groups in total. The van der Waals surface area contributed by atoms with Gasteiger partial charge in [0, 0.05) is 0 Å². The van der Waals surface area contributed by atoms with Crippen molar-refractivity contribution in [3.05, 3.63) is 28.3 Å². The third-order valence-corrected chi connectivity index (χ3v) is 3.81. The summed E-state index contributed by atoms with van der Waals surface area (Å²) in [4.78, 5) is 11.0. The number of ether oxygens (including phenoxy) is 1. The van der Waals surface area contributed by atoms with E-state index < -0.39 is 10.5 Å². The fourth-order valence-corrected chi connectivity index (χ4v) is 2.82. The molecule has 0 radical (unpaired) electrons. The summed E-state index contributed by atoms with van der Waals surface area (Å²) in [6.45, 7) is 3.63. The number of hydrogen-bond donors (Lipinski definition) is 2. The minimum Gasteiger partial charge on any atom is -0.484 e.